The molecule has 1 aromatic rings. The van der Waals surface area contributed by atoms with E-state index >= 15 is 0 Å². The predicted molar refractivity (Wildman–Crippen MR) is 96.6 cm³/mol. The molecule has 2 aliphatic rings. The SMILES string of the molecule is CC(C)C(=O)N1CCCC(Oc2ccccc2N2CCNCC2)C1. The van der Waals surface area contributed by atoms with E-state index in [0.717, 1.165) is 51.3 Å². The lowest BCUT2D eigenvalue weighted by Crippen LogP contribution is -2.46. The van der Waals surface area contributed by atoms with E-state index in [-0.39, 0.29) is 17.9 Å². The third-order valence-electron chi connectivity index (χ3n) is 4.80. The Hall–Kier alpha value is -1.75. The summed E-state index contributed by atoms with van der Waals surface area (Å²) >= 11 is 0. The van der Waals surface area contributed by atoms with E-state index in [0.29, 0.717) is 6.54 Å². The molecule has 5 heteroatoms. The number of carbonyl (C=O) groups is 1. The van der Waals surface area contributed by atoms with Crippen LogP contribution in [0.15, 0.2) is 24.3 Å². The van der Waals surface area contributed by atoms with Gasteiger partial charge in [0.25, 0.3) is 0 Å². The molecule has 1 atom stereocenters. The van der Waals surface area contributed by atoms with Gasteiger partial charge in [-0.25, -0.2) is 0 Å². The van der Waals surface area contributed by atoms with E-state index < -0.39 is 0 Å². The van der Waals surface area contributed by atoms with Crippen LogP contribution in [0.25, 0.3) is 0 Å². The van der Waals surface area contributed by atoms with E-state index in [9.17, 15) is 4.79 Å². The molecule has 0 aromatic heterocycles. The molecule has 0 saturated carbocycles. The Kier molecular flexibility index (Phi) is 5.61. The van der Waals surface area contributed by atoms with E-state index in [1.807, 2.05) is 24.8 Å². The number of anilines is 1. The molecule has 24 heavy (non-hydrogen) atoms. The fraction of sp³-hybridized carbons (Fsp3) is 0.632. The van der Waals surface area contributed by atoms with Crippen LogP contribution in [0.1, 0.15) is 26.7 Å². The van der Waals surface area contributed by atoms with E-state index in [4.69, 9.17) is 4.74 Å². The van der Waals surface area contributed by atoms with Gasteiger partial charge in [-0.3, -0.25) is 4.79 Å². The molecule has 1 unspecified atom stereocenters. The Morgan fingerprint density at radius 2 is 1.96 bits per heavy atom. The number of rotatable bonds is 4. The van der Waals surface area contributed by atoms with Crippen molar-refractivity contribution in [2.45, 2.75) is 32.8 Å². The Balaban J connectivity index is 1.68. The van der Waals surface area contributed by atoms with Crippen LogP contribution in [0, 0.1) is 5.92 Å². The molecule has 1 amide bonds. The number of benzene rings is 1. The van der Waals surface area contributed by atoms with Crippen LogP contribution in [0.2, 0.25) is 0 Å². The summed E-state index contributed by atoms with van der Waals surface area (Å²) in [7, 11) is 0. The van der Waals surface area contributed by atoms with Crippen molar-refractivity contribution in [3.05, 3.63) is 24.3 Å². The fourth-order valence-electron chi connectivity index (χ4n) is 3.50. The molecule has 1 aromatic carbocycles. The summed E-state index contributed by atoms with van der Waals surface area (Å²) in [5.41, 5.74) is 1.17. The zero-order valence-electron chi connectivity index (χ0n) is 14.8. The van der Waals surface area contributed by atoms with Crippen LogP contribution in [0.3, 0.4) is 0 Å². The van der Waals surface area contributed by atoms with Gasteiger partial charge in [-0.05, 0) is 25.0 Å². The number of nitrogens with one attached hydrogen (secondary N) is 1. The lowest BCUT2D eigenvalue weighted by Gasteiger charge is -2.35. The number of amides is 1. The normalized spacial score (nSPS) is 21.9. The van der Waals surface area contributed by atoms with Crippen LogP contribution in [-0.4, -0.2) is 56.2 Å². The third kappa shape index (κ3) is 4.01. The predicted octanol–water partition coefficient (Wildman–Crippen LogP) is 2.12. The zero-order chi connectivity index (χ0) is 16.9. The van der Waals surface area contributed by atoms with E-state index in [2.05, 4.69) is 28.4 Å². The van der Waals surface area contributed by atoms with Crippen molar-refractivity contribution in [3.63, 3.8) is 0 Å². The molecule has 2 fully saturated rings. The standard InChI is InChI=1S/C19H29N3O2/c1-15(2)19(23)22-11-5-6-16(14-22)24-18-8-4-3-7-17(18)21-12-9-20-10-13-21/h3-4,7-8,15-16,20H,5-6,9-14H2,1-2H3. The number of para-hydroxylation sites is 2. The lowest BCUT2D eigenvalue weighted by molar-refractivity contribution is -0.137. The summed E-state index contributed by atoms with van der Waals surface area (Å²) < 4.78 is 6.34. The molecule has 0 spiro atoms. The number of hydrogen-bond donors (Lipinski definition) is 1. The summed E-state index contributed by atoms with van der Waals surface area (Å²) in [6.45, 7) is 9.51. The first-order valence-electron chi connectivity index (χ1n) is 9.15. The molecule has 2 saturated heterocycles. The highest BCUT2D eigenvalue weighted by Gasteiger charge is 2.27. The molecule has 2 aliphatic heterocycles. The van der Waals surface area contributed by atoms with Gasteiger partial charge in [0.05, 0.1) is 12.2 Å². The van der Waals surface area contributed by atoms with Crippen molar-refractivity contribution in [2.24, 2.45) is 5.92 Å². The quantitative estimate of drug-likeness (QED) is 0.918. The van der Waals surface area contributed by atoms with Crippen LogP contribution in [-0.2, 0) is 4.79 Å². The smallest absolute Gasteiger partial charge is 0.225 e. The first kappa shape index (κ1) is 17.1. The molecule has 5 nitrogen and oxygen atoms in total. The second kappa shape index (κ2) is 7.88. The Bertz CT molecular complexity index is 555. The van der Waals surface area contributed by atoms with Gasteiger partial charge in [0.15, 0.2) is 0 Å². The van der Waals surface area contributed by atoms with Gasteiger partial charge < -0.3 is 19.9 Å². The second-order valence-corrected chi connectivity index (χ2v) is 7.03. The van der Waals surface area contributed by atoms with Crippen molar-refractivity contribution < 1.29 is 9.53 Å². The van der Waals surface area contributed by atoms with E-state index in [1.54, 1.807) is 0 Å². The maximum Gasteiger partial charge on any atom is 0.225 e. The van der Waals surface area contributed by atoms with Crippen LogP contribution < -0.4 is 15.0 Å². The molecular formula is C19H29N3O2. The van der Waals surface area contributed by atoms with Gasteiger partial charge in [-0.2, -0.15) is 0 Å². The molecule has 132 valence electrons. The van der Waals surface area contributed by atoms with Crippen molar-refractivity contribution in [1.29, 1.82) is 0 Å². The van der Waals surface area contributed by atoms with Crippen molar-refractivity contribution in [1.82, 2.24) is 10.2 Å². The molecule has 0 radical (unpaired) electrons. The fourth-order valence-corrected chi connectivity index (χ4v) is 3.50. The van der Waals surface area contributed by atoms with Crippen molar-refractivity contribution >= 4 is 11.6 Å². The largest absolute Gasteiger partial charge is 0.486 e. The van der Waals surface area contributed by atoms with Gasteiger partial charge in [0.1, 0.15) is 11.9 Å². The highest BCUT2D eigenvalue weighted by atomic mass is 16.5. The van der Waals surface area contributed by atoms with Gasteiger partial charge in [-0.15, -0.1) is 0 Å². The van der Waals surface area contributed by atoms with Crippen LogP contribution in [0.5, 0.6) is 5.75 Å². The maximum atomic E-state index is 12.3. The van der Waals surface area contributed by atoms with Crippen LogP contribution in [0.4, 0.5) is 5.69 Å². The average Bonchev–Trinajstić information content (AvgIpc) is 2.62. The number of nitrogens with zero attached hydrogens (tertiary/aromatic N) is 2. The Morgan fingerprint density at radius 3 is 2.71 bits per heavy atom. The number of piperazine rings is 1. The second-order valence-electron chi connectivity index (χ2n) is 7.03. The third-order valence-corrected chi connectivity index (χ3v) is 4.80. The van der Waals surface area contributed by atoms with Gasteiger partial charge in [0, 0.05) is 38.6 Å². The van der Waals surface area contributed by atoms with E-state index in [1.165, 1.54) is 5.69 Å². The van der Waals surface area contributed by atoms with Crippen molar-refractivity contribution in [2.75, 3.05) is 44.2 Å². The Morgan fingerprint density at radius 1 is 1.21 bits per heavy atom. The average molecular weight is 331 g/mol. The summed E-state index contributed by atoms with van der Waals surface area (Å²) in [6, 6.07) is 8.29. The first-order valence-corrected chi connectivity index (χ1v) is 9.15. The number of hydrogen-bond acceptors (Lipinski definition) is 4. The molecule has 1 N–H and O–H groups in total. The summed E-state index contributed by atoms with van der Waals surface area (Å²) in [4.78, 5) is 16.6. The summed E-state index contributed by atoms with van der Waals surface area (Å²) in [6.07, 6.45) is 2.11. The van der Waals surface area contributed by atoms with Gasteiger partial charge >= 0.3 is 0 Å². The molecule has 2 heterocycles. The number of piperidine rings is 1. The van der Waals surface area contributed by atoms with Gasteiger partial charge in [-0.1, -0.05) is 26.0 Å². The molecule has 0 aliphatic carbocycles. The number of likely N-dealkylation sites (tertiary alicyclic amines) is 1. The first-order chi connectivity index (χ1) is 11.6. The summed E-state index contributed by atoms with van der Waals surface area (Å²) in [5.74, 6) is 1.24. The molecule has 3 rings (SSSR count). The topological polar surface area (TPSA) is 44.8 Å². The molecular weight excluding hydrogens is 302 g/mol. The maximum absolute atomic E-state index is 12.3. The highest BCUT2D eigenvalue weighted by molar-refractivity contribution is 5.78. The number of ether oxygens (including phenoxy) is 1. The minimum Gasteiger partial charge on any atom is -0.486 e. The molecule has 0 bridgehead atoms. The van der Waals surface area contributed by atoms with Crippen LogP contribution >= 0.6 is 0 Å². The summed E-state index contributed by atoms with van der Waals surface area (Å²) in [5, 5.41) is 3.39. The zero-order valence-corrected chi connectivity index (χ0v) is 14.8. The van der Waals surface area contributed by atoms with Crippen molar-refractivity contribution in [3.8, 4) is 5.75 Å². The minimum absolute atomic E-state index is 0.0527. The number of carbonyl (C=O) groups excluding carboxylic acids is 1. The highest BCUT2D eigenvalue weighted by Crippen LogP contribution is 2.30. The minimum atomic E-state index is 0.0527. The van der Waals surface area contributed by atoms with Gasteiger partial charge in [0.2, 0.25) is 5.91 Å². The Labute approximate surface area is 145 Å². The lowest BCUT2D eigenvalue weighted by atomic mass is 10.1. The monoisotopic (exact) mass is 331 g/mol.